The van der Waals surface area contributed by atoms with Crippen LogP contribution in [0.3, 0.4) is 0 Å². The van der Waals surface area contributed by atoms with Crippen LogP contribution in [-0.2, 0) is 11.3 Å². The zero-order chi connectivity index (χ0) is 19.2. The molecule has 8 heteroatoms. The van der Waals surface area contributed by atoms with Gasteiger partial charge in [-0.3, -0.25) is 0 Å². The fourth-order valence-corrected chi connectivity index (χ4v) is 3.04. The van der Waals surface area contributed by atoms with Gasteiger partial charge >= 0.3 is 6.03 Å². The third-order valence-electron chi connectivity index (χ3n) is 4.47. The number of rotatable bonds is 5. The predicted molar refractivity (Wildman–Crippen MR) is 107 cm³/mol. The van der Waals surface area contributed by atoms with E-state index in [2.05, 4.69) is 25.6 Å². The first-order chi connectivity index (χ1) is 13.8. The minimum atomic E-state index is -0.262. The van der Waals surface area contributed by atoms with Crippen LogP contribution in [0.5, 0.6) is 0 Å². The molecule has 144 valence electrons. The van der Waals surface area contributed by atoms with Crippen molar-refractivity contribution < 1.29 is 9.53 Å². The van der Waals surface area contributed by atoms with Crippen LogP contribution in [0.15, 0.2) is 61.1 Å². The minimum absolute atomic E-state index is 0.262. The third-order valence-corrected chi connectivity index (χ3v) is 4.47. The molecule has 0 unspecified atom stereocenters. The number of nitrogens with one attached hydrogen (secondary N) is 2. The summed E-state index contributed by atoms with van der Waals surface area (Å²) in [5.41, 5.74) is 2.58. The van der Waals surface area contributed by atoms with Crippen molar-refractivity contribution in [3.8, 4) is 5.69 Å². The first-order valence-electron chi connectivity index (χ1n) is 9.20. The average Bonchev–Trinajstić information content (AvgIpc) is 3.28. The van der Waals surface area contributed by atoms with Gasteiger partial charge in [0.05, 0.1) is 18.9 Å². The summed E-state index contributed by atoms with van der Waals surface area (Å²) >= 11 is 0. The van der Waals surface area contributed by atoms with Crippen molar-refractivity contribution in [2.75, 3.05) is 36.5 Å². The van der Waals surface area contributed by atoms with Gasteiger partial charge in [0, 0.05) is 43.9 Å². The SMILES string of the molecule is O=C(NCc1ccnc(N2CCOCC2)c1)Nc1cccc(-n2cccn2)c1. The lowest BCUT2D eigenvalue weighted by Gasteiger charge is -2.28. The van der Waals surface area contributed by atoms with Crippen LogP contribution in [0.4, 0.5) is 16.3 Å². The van der Waals surface area contributed by atoms with E-state index in [4.69, 9.17) is 4.74 Å². The van der Waals surface area contributed by atoms with E-state index < -0.39 is 0 Å². The van der Waals surface area contributed by atoms with Crippen molar-refractivity contribution in [2.45, 2.75) is 6.54 Å². The Morgan fingerprint density at radius 3 is 2.82 bits per heavy atom. The summed E-state index contributed by atoms with van der Waals surface area (Å²) < 4.78 is 7.12. The maximum absolute atomic E-state index is 12.3. The number of morpholine rings is 1. The predicted octanol–water partition coefficient (Wildman–Crippen LogP) is 2.43. The Morgan fingerprint density at radius 1 is 1.11 bits per heavy atom. The molecule has 8 nitrogen and oxygen atoms in total. The van der Waals surface area contributed by atoms with Gasteiger partial charge in [-0.1, -0.05) is 6.07 Å². The molecule has 0 saturated carbocycles. The van der Waals surface area contributed by atoms with Crippen molar-refractivity contribution in [1.29, 1.82) is 0 Å². The van der Waals surface area contributed by atoms with Crippen LogP contribution < -0.4 is 15.5 Å². The zero-order valence-corrected chi connectivity index (χ0v) is 15.4. The highest BCUT2D eigenvalue weighted by Crippen LogP contribution is 2.15. The van der Waals surface area contributed by atoms with Gasteiger partial charge in [0.2, 0.25) is 0 Å². The summed E-state index contributed by atoms with van der Waals surface area (Å²) in [6.07, 6.45) is 5.34. The van der Waals surface area contributed by atoms with Gasteiger partial charge in [-0.25, -0.2) is 14.5 Å². The topological polar surface area (TPSA) is 84.3 Å². The number of amides is 2. The number of carbonyl (C=O) groups is 1. The van der Waals surface area contributed by atoms with Gasteiger partial charge in [0.1, 0.15) is 5.82 Å². The van der Waals surface area contributed by atoms with Gasteiger partial charge in [0.15, 0.2) is 0 Å². The van der Waals surface area contributed by atoms with Crippen LogP contribution in [0.2, 0.25) is 0 Å². The number of aromatic nitrogens is 3. The number of anilines is 2. The normalized spacial score (nSPS) is 13.9. The lowest BCUT2D eigenvalue weighted by Crippen LogP contribution is -2.36. The summed E-state index contributed by atoms with van der Waals surface area (Å²) in [4.78, 5) is 18.9. The number of hydrogen-bond donors (Lipinski definition) is 2. The lowest BCUT2D eigenvalue weighted by atomic mass is 10.2. The highest BCUT2D eigenvalue weighted by atomic mass is 16.5. The van der Waals surface area contributed by atoms with Gasteiger partial charge in [0.25, 0.3) is 0 Å². The van der Waals surface area contributed by atoms with Crippen molar-refractivity contribution in [1.82, 2.24) is 20.1 Å². The minimum Gasteiger partial charge on any atom is -0.378 e. The first-order valence-corrected chi connectivity index (χ1v) is 9.20. The number of carbonyl (C=O) groups excluding carboxylic acids is 1. The molecule has 1 saturated heterocycles. The Kier molecular flexibility index (Phi) is 5.48. The monoisotopic (exact) mass is 378 g/mol. The Labute approximate surface area is 163 Å². The average molecular weight is 378 g/mol. The molecule has 0 spiro atoms. The van der Waals surface area contributed by atoms with E-state index >= 15 is 0 Å². The van der Waals surface area contributed by atoms with Crippen molar-refractivity contribution >= 4 is 17.5 Å². The van der Waals surface area contributed by atoms with Crippen LogP contribution in [0.1, 0.15) is 5.56 Å². The van der Waals surface area contributed by atoms with E-state index in [1.54, 1.807) is 17.1 Å². The van der Waals surface area contributed by atoms with E-state index in [0.717, 1.165) is 30.2 Å². The largest absolute Gasteiger partial charge is 0.378 e. The second-order valence-corrected chi connectivity index (χ2v) is 6.43. The van der Waals surface area contributed by atoms with Crippen LogP contribution in [0, 0.1) is 0 Å². The number of hydrogen-bond acceptors (Lipinski definition) is 5. The molecule has 0 radical (unpaired) electrons. The molecular weight excluding hydrogens is 356 g/mol. The molecule has 4 rings (SSSR count). The van der Waals surface area contributed by atoms with E-state index in [-0.39, 0.29) is 6.03 Å². The summed E-state index contributed by atoms with van der Waals surface area (Å²) in [5.74, 6) is 0.912. The summed E-state index contributed by atoms with van der Waals surface area (Å²) in [7, 11) is 0. The molecule has 2 N–H and O–H groups in total. The van der Waals surface area contributed by atoms with Gasteiger partial charge < -0.3 is 20.3 Å². The summed E-state index contributed by atoms with van der Waals surface area (Å²) in [6, 6.07) is 13.0. The van der Waals surface area contributed by atoms with Gasteiger partial charge in [-0.2, -0.15) is 5.10 Å². The van der Waals surface area contributed by atoms with Crippen molar-refractivity contribution in [2.24, 2.45) is 0 Å². The standard InChI is InChI=1S/C20H22N6O2/c27-20(24-17-3-1-4-18(14-17)26-8-2-6-23-26)22-15-16-5-7-21-19(13-16)25-9-11-28-12-10-25/h1-8,13-14H,9-12,15H2,(H2,22,24,27). The molecule has 1 aliphatic rings. The smallest absolute Gasteiger partial charge is 0.319 e. The number of urea groups is 1. The quantitative estimate of drug-likeness (QED) is 0.712. The fourth-order valence-electron chi connectivity index (χ4n) is 3.04. The van der Waals surface area contributed by atoms with E-state index in [0.29, 0.717) is 25.4 Å². The number of nitrogens with zero attached hydrogens (tertiary/aromatic N) is 4. The molecule has 1 aliphatic heterocycles. The molecule has 2 aromatic heterocycles. The van der Waals surface area contributed by atoms with Crippen LogP contribution in [0.25, 0.3) is 5.69 Å². The van der Waals surface area contributed by atoms with E-state index in [9.17, 15) is 4.79 Å². The van der Waals surface area contributed by atoms with Crippen LogP contribution >= 0.6 is 0 Å². The van der Waals surface area contributed by atoms with Crippen LogP contribution in [-0.4, -0.2) is 47.1 Å². The third kappa shape index (κ3) is 4.47. The second-order valence-electron chi connectivity index (χ2n) is 6.43. The molecule has 1 aromatic carbocycles. The molecular formula is C20H22N6O2. The Morgan fingerprint density at radius 2 is 2.00 bits per heavy atom. The highest BCUT2D eigenvalue weighted by molar-refractivity contribution is 5.89. The molecule has 0 bridgehead atoms. The van der Waals surface area contributed by atoms with E-state index in [1.165, 1.54) is 0 Å². The molecule has 0 atom stereocenters. The Hall–Kier alpha value is -3.39. The molecule has 3 heterocycles. The molecule has 2 amide bonds. The van der Waals surface area contributed by atoms with Crippen molar-refractivity contribution in [3.05, 3.63) is 66.6 Å². The lowest BCUT2D eigenvalue weighted by molar-refractivity contribution is 0.122. The molecule has 0 aliphatic carbocycles. The Bertz CT molecular complexity index is 922. The molecule has 1 fully saturated rings. The molecule has 3 aromatic rings. The van der Waals surface area contributed by atoms with Crippen molar-refractivity contribution in [3.63, 3.8) is 0 Å². The molecule has 28 heavy (non-hydrogen) atoms. The second kappa shape index (κ2) is 8.53. The van der Waals surface area contributed by atoms with Gasteiger partial charge in [-0.15, -0.1) is 0 Å². The number of pyridine rings is 1. The Balaban J connectivity index is 1.34. The number of ether oxygens (including phenoxy) is 1. The summed E-state index contributed by atoms with van der Waals surface area (Å²) in [6.45, 7) is 3.51. The fraction of sp³-hybridized carbons (Fsp3) is 0.250. The maximum atomic E-state index is 12.3. The highest BCUT2D eigenvalue weighted by Gasteiger charge is 2.12. The first kappa shape index (κ1) is 18.0. The van der Waals surface area contributed by atoms with E-state index in [1.807, 2.05) is 48.7 Å². The zero-order valence-electron chi connectivity index (χ0n) is 15.4. The van der Waals surface area contributed by atoms with Gasteiger partial charge in [-0.05, 0) is 42.0 Å². The maximum Gasteiger partial charge on any atom is 0.319 e. The number of benzene rings is 1. The summed E-state index contributed by atoms with van der Waals surface area (Å²) in [5, 5.41) is 9.95.